The maximum absolute atomic E-state index is 11.6. The van der Waals surface area contributed by atoms with Gasteiger partial charge in [-0.05, 0) is 37.0 Å². The number of benzene rings is 1. The molecule has 0 amide bonds. The Hall–Kier alpha value is -1.71. The molecule has 1 aliphatic carbocycles. The van der Waals surface area contributed by atoms with Gasteiger partial charge in [-0.1, -0.05) is 13.3 Å². The maximum Gasteiger partial charge on any atom is 0.340 e. The summed E-state index contributed by atoms with van der Waals surface area (Å²) in [5.74, 6) is 0.367. The van der Waals surface area contributed by atoms with Crippen molar-refractivity contribution in [3.05, 3.63) is 23.3 Å². The van der Waals surface area contributed by atoms with Crippen LogP contribution in [0.3, 0.4) is 0 Å². The molecule has 1 aromatic carbocycles. The Labute approximate surface area is 108 Å². The number of esters is 1. The largest absolute Gasteiger partial charge is 0.465 e. The van der Waals surface area contributed by atoms with Crippen molar-refractivity contribution in [1.29, 1.82) is 0 Å². The third-order valence-electron chi connectivity index (χ3n) is 3.59. The zero-order valence-electron chi connectivity index (χ0n) is 11.1. The second-order valence-electron chi connectivity index (χ2n) is 4.90. The number of aryl methyl sites for hydroxylation is 1. The van der Waals surface area contributed by atoms with Gasteiger partial charge in [0.15, 0.2) is 0 Å². The molecule has 0 aromatic heterocycles. The summed E-state index contributed by atoms with van der Waals surface area (Å²) < 4.78 is 4.74. The molecule has 2 atom stereocenters. The first-order chi connectivity index (χ1) is 8.56. The lowest BCUT2D eigenvalue weighted by molar-refractivity contribution is 0.0602. The van der Waals surface area contributed by atoms with E-state index in [1.807, 2.05) is 13.0 Å². The van der Waals surface area contributed by atoms with Crippen LogP contribution in [0.2, 0.25) is 0 Å². The van der Waals surface area contributed by atoms with Gasteiger partial charge in [-0.15, -0.1) is 0 Å². The van der Waals surface area contributed by atoms with Gasteiger partial charge >= 0.3 is 5.97 Å². The minimum absolute atomic E-state index is 0.387. The van der Waals surface area contributed by atoms with Crippen molar-refractivity contribution in [1.82, 2.24) is 0 Å². The molecule has 2 unspecified atom stereocenters. The van der Waals surface area contributed by atoms with Gasteiger partial charge in [0, 0.05) is 17.4 Å². The molecule has 0 spiro atoms. The van der Waals surface area contributed by atoms with Crippen LogP contribution in [0.1, 0.15) is 35.7 Å². The quantitative estimate of drug-likeness (QED) is 0.635. The van der Waals surface area contributed by atoms with E-state index < -0.39 is 0 Å². The number of hydrogen-bond acceptors (Lipinski definition) is 4. The minimum Gasteiger partial charge on any atom is -0.465 e. The van der Waals surface area contributed by atoms with E-state index in [0.717, 1.165) is 17.2 Å². The average molecular weight is 248 g/mol. The van der Waals surface area contributed by atoms with Gasteiger partial charge in [-0.3, -0.25) is 0 Å². The molecule has 1 aliphatic rings. The molecule has 0 saturated heterocycles. The maximum atomic E-state index is 11.6. The van der Waals surface area contributed by atoms with Crippen molar-refractivity contribution < 1.29 is 9.53 Å². The number of ether oxygens (including phenoxy) is 1. The van der Waals surface area contributed by atoms with Gasteiger partial charge in [0.05, 0.1) is 12.7 Å². The van der Waals surface area contributed by atoms with E-state index in [4.69, 9.17) is 10.5 Å². The van der Waals surface area contributed by atoms with E-state index in [9.17, 15) is 4.79 Å². The predicted molar refractivity (Wildman–Crippen MR) is 72.7 cm³/mol. The molecule has 18 heavy (non-hydrogen) atoms. The number of methoxy groups -OCH3 is 1. The normalized spacial score (nSPS) is 21.5. The van der Waals surface area contributed by atoms with Crippen LogP contribution < -0.4 is 11.1 Å². The van der Waals surface area contributed by atoms with E-state index in [1.54, 1.807) is 6.07 Å². The number of rotatable bonds is 4. The molecule has 0 heterocycles. The van der Waals surface area contributed by atoms with Gasteiger partial charge in [-0.2, -0.15) is 0 Å². The van der Waals surface area contributed by atoms with Crippen LogP contribution in [0, 0.1) is 12.8 Å². The van der Waals surface area contributed by atoms with Gasteiger partial charge < -0.3 is 15.8 Å². The fraction of sp³-hybridized carbons (Fsp3) is 0.500. The van der Waals surface area contributed by atoms with Crippen LogP contribution in [-0.4, -0.2) is 19.1 Å². The molecule has 1 aromatic rings. The number of carbonyl (C=O) groups excluding carboxylic acids is 1. The Morgan fingerprint density at radius 3 is 2.83 bits per heavy atom. The van der Waals surface area contributed by atoms with Gasteiger partial charge in [0.25, 0.3) is 0 Å². The van der Waals surface area contributed by atoms with Crippen LogP contribution >= 0.6 is 0 Å². The third kappa shape index (κ3) is 2.42. The van der Waals surface area contributed by atoms with Crippen LogP contribution in [0.4, 0.5) is 11.4 Å². The fourth-order valence-electron chi connectivity index (χ4n) is 2.25. The summed E-state index contributed by atoms with van der Waals surface area (Å²) in [6, 6.07) is 4.29. The third-order valence-corrected chi connectivity index (χ3v) is 3.59. The second kappa shape index (κ2) is 4.88. The lowest BCUT2D eigenvalue weighted by Crippen LogP contribution is -2.10. The highest BCUT2D eigenvalue weighted by atomic mass is 16.5. The number of anilines is 2. The van der Waals surface area contributed by atoms with Gasteiger partial charge in [-0.25, -0.2) is 4.79 Å². The molecule has 3 N–H and O–H groups in total. The summed E-state index contributed by atoms with van der Waals surface area (Å²) in [5, 5.41) is 3.44. The van der Waals surface area contributed by atoms with Crippen molar-refractivity contribution in [3.63, 3.8) is 0 Å². The van der Waals surface area contributed by atoms with E-state index in [2.05, 4.69) is 12.2 Å². The molecule has 1 saturated carbocycles. The molecule has 2 rings (SSSR count). The van der Waals surface area contributed by atoms with Crippen LogP contribution in [0.15, 0.2) is 12.1 Å². The fourth-order valence-corrected chi connectivity index (χ4v) is 2.25. The number of nitrogens with two attached hydrogens (primary N) is 1. The molecule has 0 aliphatic heterocycles. The average Bonchev–Trinajstić information content (AvgIpc) is 3.11. The molecule has 98 valence electrons. The lowest BCUT2D eigenvalue weighted by atomic mass is 10.1. The van der Waals surface area contributed by atoms with Crippen molar-refractivity contribution in [2.24, 2.45) is 5.92 Å². The highest BCUT2D eigenvalue weighted by Gasteiger charge is 2.35. The Kier molecular flexibility index (Phi) is 3.45. The van der Waals surface area contributed by atoms with Crippen molar-refractivity contribution in [3.8, 4) is 0 Å². The zero-order valence-corrected chi connectivity index (χ0v) is 11.1. The molecular weight excluding hydrogens is 228 g/mol. The Morgan fingerprint density at radius 1 is 1.56 bits per heavy atom. The lowest BCUT2D eigenvalue weighted by Gasteiger charge is -2.12. The summed E-state index contributed by atoms with van der Waals surface area (Å²) in [5.41, 5.74) is 8.68. The highest BCUT2D eigenvalue weighted by molar-refractivity contribution is 5.97. The van der Waals surface area contributed by atoms with E-state index in [1.165, 1.54) is 20.0 Å². The number of nitrogen functional groups attached to an aromatic ring is 1. The topological polar surface area (TPSA) is 64.3 Å². The molecule has 1 fully saturated rings. The van der Waals surface area contributed by atoms with E-state index >= 15 is 0 Å². The first-order valence-electron chi connectivity index (χ1n) is 6.31. The van der Waals surface area contributed by atoms with Gasteiger partial charge in [0.2, 0.25) is 0 Å². The molecule has 0 bridgehead atoms. The SMILES string of the molecule is CCC1CC1Nc1cc(C)c(N)c(C(=O)OC)c1. The summed E-state index contributed by atoms with van der Waals surface area (Å²) in [6.07, 6.45) is 2.39. The molecule has 4 nitrogen and oxygen atoms in total. The Morgan fingerprint density at radius 2 is 2.28 bits per heavy atom. The summed E-state index contributed by atoms with van der Waals surface area (Å²) in [4.78, 5) is 11.6. The van der Waals surface area contributed by atoms with Crippen LogP contribution in [0.5, 0.6) is 0 Å². The van der Waals surface area contributed by atoms with Crippen molar-refractivity contribution in [2.75, 3.05) is 18.2 Å². The Bertz CT molecular complexity index is 471. The summed E-state index contributed by atoms with van der Waals surface area (Å²) in [7, 11) is 1.37. The van der Waals surface area contributed by atoms with E-state index in [-0.39, 0.29) is 5.97 Å². The number of hydrogen-bond donors (Lipinski definition) is 2. The smallest absolute Gasteiger partial charge is 0.340 e. The first-order valence-corrected chi connectivity index (χ1v) is 6.31. The molecular formula is C14H20N2O2. The minimum atomic E-state index is -0.387. The zero-order chi connectivity index (χ0) is 13.3. The number of carbonyl (C=O) groups is 1. The number of nitrogens with one attached hydrogen (secondary N) is 1. The summed E-state index contributed by atoms with van der Waals surface area (Å²) >= 11 is 0. The standard InChI is InChI=1S/C14H20N2O2/c1-4-9-6-12(9)16-10-5-8(2)13(15)11(7-10)14(17)18-3/h5,7,9,12,16H,4,6,15H2,1-3H3. The predicted octanol–water partition coefficient (Wildman–Crippen LogP) is 2.57. The monoisotopic (exact) mass is 248 g/mol. The highest BCUT2D eigenvalue weighted by Crippen LogP contribution is 2.37. The Balaban J connectivity index is 2.21. The van der Waals surface area contributed by atoms with Crippen LogP contribution in [-0.2, 0) is 4.74 Å². The van der Waals surface area contributed by atoms with Gasteiger partial charge in [0.1, 0.15) is 0 Å². The van der Waals surface area contributed by atoms with Crippen molar-refractivity contribution in [2.45, 2.75) is 32.7 Å². The second-order valence-corrected chi connectivity index (χ2v) is 4.90. The summed E-state index contributed by atoms with van der Waals surface area (Å²) in [6.45, 7) is 4.09. The van der Waals surface area contributed by atoms with Crippen molar-refractivity contribution >= 4 is 17.3 Å². The molecule has 0 radical (unpaired) electrons. The van der Waals surface area contributed by atoms with Crippen LogP contribution in [0.25, 0.3) is 0 Å². The molecule has 4 heteroatoms. The first kappa shape index (κ1) is 12.7. The van der Waals surface area contributed by atoms with E-state index in [0.29, 0.717) is 17.3 Å².